The van der Waals surface area contributed by atoms with Crippen LogP contribution in [0.25, 0.3) is 5.03 Å². The van der Waals surface area contributed by atoms with E-state index in [0.717, 1.165) is 0 Å². The van der Waals surface area contributed by atoms with E-state index < -0.39 is 15.7 Å². The lowest BCUT2D eigenvalue weighted by Crippen LogP contribution is -2.11. The van der Waals surface area contributed by atoms with Crippen molar-refractivity contribution in [2.24, 2.45) is 0 Å². The Morgan fingerprint density at radius 1 is 0.895 bits per heavy atom. The van der Waals surface area contributed by atoms with Gasteiger partial charge in [-0.05, 0) is 53.4 Å². The van der Waals surface area contributed by atoms with E-state index >= 15 is 0 Å². The Balaban J connectivity index is 3.91. The van der Waals surface area contributed by atoms with Crippen molar-refractivity contribution < 1.29 is 14.4 Å². The third kappa shape index (κ3) is 3.18. The largest absolute Gasteiger partial charge is 0.276 e. The van der Waals surface area contributed by atoms with Gasteiger partial charge < -0.3 is 0 Å². The van der Waals surface area contributed by atoms with Crippen molar-refractivity contribution in [3.05, 3.63) is 40.5 Å². The van der Waals surface area contributed by atoms with E-state index in [-0.39, 0.29) is 32.8 Å². The van der Waals surface area contributed by atoms with Crippen molar-refractivity contribution in [3.8, 4) is 0 Å². The maximum Gasteiger partial charge on any atom is 0.253 e. The monoisotopic (exact) mass is 338 g/mol. The van der Waals surface area contributed by atoms with E-state index in [1.54, 1.807) is 0 Å². The summed E-state index contributed by atoms with van der Waals surface area (Å²) in [6.07, 6.45) is 0. The first kappa shape index (κ1) is 16.2. The molecule has 0 saturated heterocycles. The van der Waals surface area contributed by atoms with Crippen LogP contribution in [0.15, 0.2) is 12.6 Å². The van der Waals surface area contributed by atoms with Crippen LogP contribution in [0.1, 0.15) is 42.2 Å². The fourth-order valence-corrected chi connectivity index (χ4v) is 2.48. The molecule has 7 heteroatoms. The fourth-order valence-electron chi connectivity index (χ4n) is 1.69. The van der Waals surface area contributed by atoms with Gasteiger partial charge in [-0.1, -0.05) is 18.2 Å². The highest BCUT2D eigenvalue weighted by atomic mass is 35.5. The average molecular weight is 340 g/mol. The molecule has 0 heterocycles. The lowest BCUT2D eigenvalue weighted by Gasteiger charge is -2.14. The molecule has 0 saturated carbocycles. The molecular formula is C12H6Cl4O3. The summed E-state index contributed by atoms with van der Waals surface area (Å²) in [6.45, 7) is 4.88. The minimum absolute atomic E-state index is 0.0140. The molecule has 0 aliphatic rings. The second kappa shape index (κ2) is 6.06. The van der Waals surface area contributed by atoms with Crippen LogP contribution in [0.5, 0.6) is 0 Å². The van der Waals surface area contributed by atoms with Gasteiger partial charge in [-0.25, -0.2) is 0 Å². The second-order valence-corrected chi connectivity index (χ2v) is 5.06. The van der Waals surface area contributed by atoms with Gasteiger partial charge >= 0.3 is 0 Å². The van der Waals surface area contributed by atoms with E-state index in [9.17, 15) is 14.4 Å². The maximum absolute atomic E-state index is 11.4. The number of carbonyl (C=O) groups is 3. The summed E-state index contributed by atoms with van der Waals surface area (Å²) in [6, 6.07) is 1.17. The molecular weight excluding hydrogens is 334 g/mol. The van der Waals surface area contributed by atoms with Crippen molar-refractivity contribution in [2.75, 3.05) is 0 Å². The number of benzene rings is 1. The summed E-state index contributed by atoms with van der Waals surface area (Å²) in [4.78, 5) is 34.2. The first-order valence-corrected chi connectivity index (χ1v) is 6.31. The third-order valence-corrected chi connectivity index (χ3v) is 3.26. The van der Waals surface area contributed by atoms with Gasteiger partial charge in [-0.15, -0.1) is 0 Å². The van der Waals surface area contributed by atoms with Crippen LogP contribution in [0.2, 0.25) is 0 Å². The standard InChI is InChI=1S/C12H6Cl4O3/c1-4-8(11(15)18)6(5(2)13)3-7(10(14)17)9(4)12(16)19/h3H,2H2,1H3. The second-order valence-electron chi connectivity index (χ2n) is 3.57. The molecule has 0 aromatic heterocycles. The van der Waals surface area contributed by atoms with Gasteiger partial charge in [0.05, 0.1) is 0 Å². The number of hydrogen-bond donors (Lipinski definition) is 0. The maximum atomic E-state index is 11.4. The molecule has 0 unspecified atom stereocenters. The Kier molecular flexibility index (Phi) is 5.16. The van der Waals surface area contributed by atoms with Gasteiger partial charge in [0, 0.05) is 27.3 Å². The highest BCUT2D eigenvalue weighted by Crippen LogP contribution is 2.31. The first-order valence-electron chi connectivity index (χ1n) is 4.80. The summed E-state index contributed by atoms with van der Waals surface area (Å²) >= 11 is 22.0. The molecule has 0 N–H and O–H groups in total. The summed E-state index contributed by atoms with van der Waals surface area (Å²) in [5.74, 6) is 0. The van der Waals surface area contributed by atoms with Gasteiger partial charge in [0.15, 0.2) is 0 Å². The molecule has 0 radical (unpaired) electrons. The number of halogens is 4. The Hall–Kier alpha value is -0.870. The first-order chi connectivity index (χ1) is 8.68. The lowest BCUT2D eigenvalue weighted by molar-refractivity contribution is 0.104. The average Bonchev–Trinajstić information content (AvgIpc) is 2.25. The van der Waals surface area contributed by atoms with E-state index in [1.807, 2.05) is 0 Å². The Morgan fingerprint density at radius 2 is 1.32 bits per heavy atom. The molecule has 100 valence electrons. The highest BCUT2D eigenvalue weighted by Gasteiger charge is 2.25. The van der Waals surface area contributed by atoms with Gasteiger partial charge in [0.25, 0.3) is 15.7 Å². The van der Waals surface area contributed by atoms with Crippen LogP contribution >= 0.6 is 46.4 Å². The molecule has 1 rings (SSSR count). The van der Waals surface area contributed by atoms with Gasteiger partial charge in [-0.2, -0.15) is 0 Å². The van der Waals surface area contributed by atoms with E-state index in [4.69, 9.17) is 46.4 Å². The number of rotatable bonds is 4. The smallest absolute Gasteiger partial charge is 0.253 e. The lowest BCUT2D eigenvalue weighted by atomic mass is 9.93. The topological polar surface area (TPSA) is 51.2 Å². The molecule has 0 aliphatic carbocycles. The van der Waals surface area contributed by atoms with Crippen molar-refractivity contribution in [3.63, 3.8) is 0 Å². The van der Waals surface area contributed by atoms with Crippen molar-refractivity contribution >= 4 is 67.2 Å². The fraction of sp³-hybridized carbons (Fsp3) is 0.0833. The quantitative estimate of drug-likeness (QED) is 0.766. The van der Waals surface area contributed by atoms with E-state index in [1.165, 1.54) is 13.0 Å². The predicted molar refractivity (Wildman–Crippen MR) is 76.6 cm³/mol. The van der Waals surface area contributed by atoms with Crippen LogP contribution in [-0.2, 0) is 0 Å². The summed E-state index contributed by atoms with van der Waals surface area (Å²) in [5, 5.41) is -2.69. The molecule has 1 aromatic rings. The van der Waals surface area contributed by atoms with Crippen molar-refractivity contribution in [1.29, 1.82) is 0 Å². The molecule has 0 aliphatic heterocycles. The molecule has 0 spiro atoms. The van der Waals surface area contributed by atoms with Crippen molar-refractivity contribution in [2.45, 2.75) is 6.92 Å². The van der Waals surface area contributed by atoms with Crippen LogP contribution in [0.3, 0.4) is 0 Å². The Labute approximate surface area is 129 Å². The molecule has 0 fully saturated rings. The Morgan fingerprint density at radius 3 is 1.63 bits per heavy atom. The van der Waals surface area contributed by atoms with Crippen LogP contribution < -0.4 is 0 Å². The SMILES string of the molecule is C=C(Cl)c1cc(C(=O)Cl)c(C(=O)Cl)c(C)c1C(=O)Cl. The minimum atomic E-state index is -0.924. The summed E-state index contributed by atoms with van der Waals surface area (Å²) in [7, 11) is 0. The Bertz CT molecular complexity index is 570. The molecule has 0 atom stereocenters. The molecule has 3 nitrogen and oxygen atoms in total. The minimum Gasteiger partial charge on any atom is -0.276 e. The predicted octanol–water partition coefficient (Wildman–Crippen LogP) is 4.34. The molecule has 19 heavy (non-hydrogen) atoms. The number of carbonyl (C=O) groups excluding carboxylic acids is 3. The summed E-state index contributed by atoms with van der Waals surface area (Å²) in [5.41, 5.74) is -0.106. The summed E-state index contributed by atoms with van der Waals surface area (Å²) < 4.78 is 0. The highest BCUT2D eigenvalue weighted by molar-refractivity contribution is 6.73. The normalized spacial score (nSPS) is 10.2. The van der Waals surface area contributed by atoms with Crippen LogP contribution in [0, 0.1) is 6.92 Å². The molecule has 0 bridgehead atoms. The van der Waals surface area contributed by atoms with Gasteiger partial charge in [-0.3, -0.25) is 14.4 Å². The van der Waals surface area contributed by atoms with E-state index in [0.29, 0.717) is 0 Å². The van der Waals surface area contributed by atoms with E-state index in [2.05, 4.69) is 6.58 Å². The zero-order valence-electron chi connectivity index (χ0n) is 9.52. The number of hydrogen-bond acceptors (Lipinski definition) is 3. The molecule has 1 aromatic carbocycles. The van der Waals surface area contributed by atoms with Crippen molar-refractivity contribution in [1.82, 2.24) is 0 Å². The zero-order chi connectivity index (χ0) is 14.9. The zero-order valence-corrected chi connectivity index (χ0v) is 12.5. The van der Waals surface area contributed by atoms with Gasteiger partial charge in [0.2, 0.25) is 0 Å². The van der Waals surface area contributed by atoms with Crippen LogP contribution in [-0.4, -0.2) is 15.7 Å². The molecule has 0 amide bonds. The van der Waals surface area contributed by atoms with Crippen LogP contribution in [0.4, 0.5) is 0 Å². The van der Waals surface area contributed by atoms with Gasteiger partial charge in [0.1, 0.15) is 0 Å². The third-order valence-electron chi connectivity index (χ3n) is 2.47.